The van der Waals surface area contributed by atoms with Crippen LogP contribution in [-0.2, 0) is 12.7 Å². The van der Waals surface area contributed by atoms with Crippen LogP contribution >= 0.6 is 0 Å². The smallest absolute Gasteiger partial charge is 0.338 e. The highest BCUT2D eigenvalue weighted by atomic mass is 19.4. The Morgan fingerprint density at radius 3 is 2.63 bits per heavy atom. The first-order chi connectivity index (χ1) is 8.95. The molecule has 0 unspecified atom stereocenters. The summed E-state index contributed by atoms with van der Waals surface area (Å²) in [6.45, 7) is 0.717. The van der Waals surface area contributed by atoms with E-state index in [2.05, 4.69) is 10.6 Å². The second kappa shape index (κ2) is 5.50. The maximum atomic E-state index is 12.5. The van der Waals surface area contributed by atoms with Gasteiger partial charge >= 0.3 is 12.2 Å². The number of hydrogen-bond donors (Lipinski definition) is 2. The molecule has 6 heteroatoms. The van der Waals surface area contributed by atoms with Crippen molar-refractivity contribution in [2.45, 2.75) is 25.6 Å². The van der Waals surface area contributed by atoms with Crippen molar-refractivity contribution in [3.63, 3.8) is 0 Å². The van der Waals surface area contributed by atoms with Gasteiger partial charge in [0.25, 0.3) is 0 Å². The fourth-order valence-corrected chi connectivity index (χ4v) is 1.66. The molecule has 2 rings (SSSR count). The molecule has 1 saturated carbocycles. The molecule has 0 aromatic heterocycles. The van der Waals surface area contributed by atoms with E-state index in [0.717, 1.165) is 25.0 Å². The predicted octanol–water partition coefficient (Wildman–Crippen LogP) is 2.91. The molecule has 0 atom stereocenters. The molecule has 1 fully saturated rings. The van der Waals surface area contributed by atoms with E-state index in [1.165, 1.54) is 6.07 Å². The summed E-state index contributed by atoms with van der Waals surface area (Å²) in [6.07, 6.45) is -2.09. The van der Waals surface area contributed by atoms with Crippen LogP contribution in [0.5, 0.6) is 0 Å². The maximum absolute atomic E-state index is 12.5. The van der Waals surface area contributed by atoms with Crippen molar-refractivity contribution in [2.24, 2.45) is 5.92 Å². The van der Waals surface area contributed by atoms with Crippen LogP contribution in [0, 0.1) is 5.92 Å². The summed E-state index contributed by atoms with van der Waals surface area (Å²) >= 11 is 0. The third-order valence-electron chi connectivity index (χ3n) is 2.96. The lowest BCUT2D eigenvalue weighted by Crippen LogP contribution is -2.36. The fourth-order valence-electron chi connectivity index (χ4n) is 1.66. The minimum absolute atomic E-state index is 0.0837. The topological polar surface area (TPSA) is 41.1 Å². The molecule has 0 radical (unpaired) electrons. The Kier molecular flexibility index (Phi) is 3.97. The summed E-state index contributed by atoms with van der Waals surface area (Å²) in [5.41, 5.74) is -0.276. The minimum atomic E-state index is -4.36. The first-order valence-corrected chi connectivity index (χ1v) is 6.13. The molecule has 0 saturated heterocycles. The largest absolute Gasteiger partial charge is 0.416 e. The Balaban J connectivity index is 1.83. The van der Waals surface area contributed by atoms with Gasteiger partial charge in [0.05, 0.1) is 5.56 Å². The Bertz CT molecular complexity index is 455. The van der Waals surface area contributed by atoms with E-state index >= 15 is 0 Å². The molecule has 0 aliphatic heterocycles. The highest BCUT2D eigenvalue weighted by molar-refractivity contribution is 5.73. The van der Waals surface area contributed by atoms with E-state index in [0.29, 0.717) is 18.0 Å². The van der Waals surface area contributed by atoms with E-state index in [1.807, 2.05) is 0 Å². The van der Waals surface area contributed by atoms with E-state index in [-0.39, 0.29) is 12.6 Å². The van der Waals surface area contributed by atoms with Crippen molar-refractivity contribution in [1.29, 1.82) is 0 Å². The number of hydrogen-bond acceptors (Lipinski definition) is 1. The highest BCUT2D eigenvalue weighted by Crippen LogP contribution is 2.29. The van der Waals surface area contributed by atoms with Gasteiger partial charge in [-0.2, -0.15) is 13.2 Å². The zero-order valence-corrected chi connectivity index (χ0v) is 10.3. The van der Waals surface area contributed by atoms with Crippen LogP contribution in [-0.4, -0.2) is 12.6 Å². The van der Waals surface area contributed by atoms with Gasteiger partial charge in [-0.1, -0.05) is 12.1 Å². The molecule has 1 aromatic carbocycles. The number of carbonyl (C=O) groups excluding carboxylic acids is 1. The molecule has 3 nitrogen and oxygen atoms in total. The Morgan fingerprint density at radius 2 is 2.00 bits per heavy atom. The first kappa shape index (κ1) is 13.7. The van der Waals surface area contributed by atoms with E-state index in [9.17, 15) is 18.0 Å². The van der Waals surface area contributed by atoms with Gasteiger partial charge in [0, 0.05) is 13.1 Å². The third-order valence-corrected chi connectivity index (χ3v) is 2.96. The molecule has 104 valence electrons. The van der Waals surface area contributed by atoms with Crippen LogP contribution in [0.4, 0.5) is 18.0 Å². The summed E-state index contributed by atoms with van der Waals surface area (Å²) in [5.74, 6) is 0.569. The monoisotopic (exact) mass is 272 g/mol. The molecule has 1 aromatic rings. The minimum Gasteiger partial charge on any atom is -0.338 e. The molecule has 2 amide bonds. The molecular formula is C13H15F3N2O. The summed E-state index contributed by atoms with van der Waals surface area (Å²) < 4.78 is 37.5. The second-order valence-electron chi connectivity index (χ2n) is 4.71. The zero-order chi connectivity index (χ0) is 13.9. The van der Waals surface area contributed by atoms with Gasteiger partial charge in [0.2, 0.25) is 0 Å². The van der Waals surface area contributed by atoms with Crippen LogP contribution in [0.2, 0.25) is 0 Å². The van der Waals surface area contributed by atoms with Crippen molar-refractivity contribution < 1.29 is 18.0 Å². The van der Waals surface area contributed by atoms with E-state index in [4.69, 9.17) is 0 Å². The number of carbonyl (C=O) groups is 1. The summed E-state index contributed by atoms with van der Waals surface area (Å²) in [6, 6.07) is 4.60. The normalized spacial score (nSPS) is 15.1. The lowest BCUT2D eigenvalue weighted by Gasteiger charge is -2.10. The number of amides is 2. The molecule has 0 spiro atoms. The van der Waals surface area contributed by atoms with Crippen molar-refractivity contribution in [2.75, 3.05) is 6.54 Å². The van der Waals surface area contributed by atoms with Crippen molar-refractivity contribution in [1.82, 2.24) is 10.6 Å². The van der Waals surface area contributed by atoms with Crippen molar-refractivity contribution in [3.8, 4) is 0 Å². The average Bonchev–Trinajstić information content (AvgIpc) is 3.17. The zero-order valence-electron chi connectivity index (χ0n) is 10.3. The predicted molar refractivity (Wildman–Crippen MR) is 64.4 cm³/mol. The lowest BCUT2D eigenvalue weighted by atomic mass is 10.1. The SMILES string of the molecule is O=C(NCc1cccc(C(F)(F)F)c1)NCC1CC1. The summed E-state index contributed by atoms with van der Waals surface area (Å²) in [7, 11) is 0. The maximum Gasteiger partial charge on any atom is 0.416 e. The average molecular weight is 272 g/mol. The number of urea groups is 1. The van der Waals surface area contributed by atoms with Crippen LogP contribution in [0.25, 0.3) is 0 Å². The Hall–Kier alpha value is -1.72. The Morgan fingerprint density at radius 1 is 1.26 bits per heavy atom. The molecule has 19 heavy (non-hydrogen) atoms. The van der Waals surface area contributed by atoms with Gasteiger partial charge < -0.3 is 10.6 Å². The van der Waals surface area contributed by atoms with Gasteiger partial charge in [0.15, 0.2) is 0 Å². The van der Waals surface area contributed by atoms with Gasteiger partial charge in [-0.05, 0) is 36.5 Å². The van der Waals surface area contributed by atoms with Gasteiger partial charge in [-0.3, -0.25) is 0 Å². The van der Waals surface area contributed by atoms with Crippen molar-refractivity contribution in [3.05, 3.63) is 35.4 Å². The Labute approximate surface area is 109 Å². The van der Waals surface area contributed by atoms with Crippen LogP contribution in [0.15, 0.2) is 24.3 Å². The number of nitrogens with one attached hydrogen (secondary N) is 2. The number of alkyl halides is 3. The quantitative estimate of drug-likeness (QED) is 0.869. The first-order valence-electron chi connectivity index (χ1n) is 6.13. The summed E-state index contributed by atoms with van der Waals surface area (Å²) in [5, 5.41) is 5.23. The molecule has 1 aliphatic rings. The van der Waals surface area contributed by atoms with Crippen LogP contribution < -0.4 is 10.6 Å². The highest BCUT2D eigenvalue weighted by Gasteiger charge is 2.30. The lowest BCUT2D eigenvalue weighted by molar-refractivity contribution is -0.137. The summed E-state index contributed by atoms with van der Waals surface area (Å²) in [4.78, 5) is 11.4. The fraction of sp³-hybridized carbons (Fsp3) is 0.462. The van der Waals surface area contributed by atoms with E-state index in [1.54, 1.807) is 6.07 Å². The van der Waals surface area contributed by atoms with Gasteiger partial charge in [-0.25, -0.2) is 4.79 Å². The second-order valence-corrected chi connectivity index (χ2v) is 4.71. The van der Waals surface area contributed by atoms with Crippen molar-refractivity contribution >= 4 is 6.03 Å². The molecule has 1 aliphatic carbocycles. The molecule has 0 heterocycles. The number of halogens is 3. The molecular weight excluding hydrogens is 257 g/mol. The number of rotatable bonds is 4. The standard InChI is InChI=1S/C13H15F3N2O/c14-13(15,16)11-3-1-2-10(6-11)8-18-12(19)17-7-9-4-5-9/h1-3,6,9H,4-5,7-8H2,(H2,17,18,19). The van der Waals surface area contributed by atoms with Gasteiger partial charge in [0.1, 0.15) is 0 Å². The molecule has 2 N–H and O–H groups in total. The molecule has 0 bridgehead atoms. The van der Waals surface area contributed by atoms with Crippen LogP contribution in [0.1, 0.15) is 24.0 Å². The van der Waals surface area contributed by atoms with E-state index < -0.39 is 11.7 Å². The third kappa shape index (κ3) is 4.46. The number of benzene rings is 1. The van der Waals surface area contributed by atoms with Crippen LogP contribution in [0.3, 0.4) is 0 Å². The van der Waals surface area contributed by atoms with Gasteiger partial charge in [-0.15, -0.1) is 0 Å².